The van der Waals surface area contributed by atoms with Crippen LogP contribution in [0.15, 0.2) is 36.4 Å². The third kappa shape index (κ3) is 5.31. The molecule has 2 aromatic carbocycles. The second kappa shape index (κ2) is 9.81. The first kappa shape index (κ1) is 25.5. The zero-order chi connectivity index (χ0) is 26.2. The molecule has 4 rings (SSSR count). The number of benzene rings is 2. The highest BCUT2D eigenvalue weighted by atomic mass is 35.5. The molecule has 0 aromatic heterocycles. The maximum Gasteiger partial charge on any atom is 0.256 e. The number of nitrogens with zero attached hydrogens (tertiary/aromatic N) is 1. The van der Waals surface area contributed by atoms with E-state index in [4.69, 9.17) is 16.3 Å². The van der Waals surface area contributed by atoms with Gasteiger partial charge in [-0.3, -0.25) is 14.4 Å². The smallest absolute Gasteiger partial charge is 0.256 e. The molecule has 2 N–H and O–H groups in total. The number of aliphatic carboxylic acids is 1. The van der Waals surface area contributed by atoms with E-state index < -0.39 is 23.5 Å². The summed E-state index contributed by atoms with van der Waals surface area (Å²) in [7, 11) is 1.55. The minimum Gasteiger partial charge on any atom is -0.550 e. The summed E-state index contributed by atoms with van der Waals surface area (Å²) in [6.45, 7) is 3.50. The number of fused-ring (bicyclic) bond motifs is 2. The molecule has 2 aromatic rings. The summed E-state index contributed by atoms with van der Waals surface area (Å²) in [5.41, 5.74) is 1.36. The van der Waals surface area contributed by atoms with E-state index in [1.54, 1.807) is 57.4 Å². The van der Waals surface area contributed by atoms with Gasteiger partial charge in [-0.1, -0.05) is 31.5 Å². The van der Waals surface area contributed by atoms with Gasteiger partial charge in [-0.2, -0.15) is 0 Å². The topological polar surface area (TPSA) is 128 Å². The molecule has 190 valence electrons. The summed E-state index contributed by atoms with van der Waals surface area (Å²) < 4.78 is 5.44. The Kier molecular flexibility index (Phi) is 6.95. The number of hydrogen-bond acceptors (Lipinski definition) is 6. The van der Waals surface area contributed by atoms with Crippen molar-refractivity contribution in [3.8, 4) is 16.9 Å². The van der Waals surface area contributed by atoms with Gasteiger partial charge in [0.1, 0.15) is 11.8 Å². The van der Waals surface area contributed by atoms with Crippen molar-refractivity contribution in [2.24, 2.45) is 5.41 Å². The van der Waals surface area contributed by atoms with Crippen LogP contribution in [-0.2, 0) is 14.4 Å². The lowest BCUT2D eigenvalue weighted by atomic mass is 9.85. The fourth-order valence-electron chi connectivity index (χ4n) is 4.85. The van der Waals surface area contributed by atoms with E-state index >= 15 is 0 Å². The Hall–Kier alpha value is -3.59. The van der Waals surface area contributed by atoms with Crippen molar-refractivity contribution in [2.45, 2.75) is 45.2 Å². The quantitative estimate of drug-likeness (QED) is 0.585. The van der Waals surface area contributed by atoms with Crippen LogP contribution in [0.2, 0.25) is 5.02 Å². The molecule has 36 heavy (non-hydrogen) atoms. The molecular weight excluding hydrogens is 486 g/mol. The number of carbonyl (C=O) groups excluding carboxylic acids is 4. The Morgan fingerprint density at radius 3 is 2.61 bits per heavy atom. The first-order chi connectivity index (χ1) is 17.0. The van der Waals surface area contributed by atoms with E-state index in [1.807, 2.05) is 0 Å². The van der Waals surface area contributed by atoms with E-state index in [-0.39, 0.29) is 43.5 Å². The largest absolute Gasteiger partial charge is 0.550 e. The number of ether oxygens (including phenoxy) is 1. The van der Waals surface area contributed by atoms with E-state index in [1.165, 1.54) is 4.90 Å². The van der Waals surface area contributed by atoms with Gasteiger partial charge < -0.3 is 30.2 Å². The first-order valence-corrected chi connectivity index (χ1v) is 11.9. The molecular formula is C26H27ClN3O6-. The molecule has 2 aliphatic heterocycles. The van der Waals surface area contributed by atoms with Crippen LogP contribution in [0.1, 0.15) is 43.5 Å². The molecule has 0 bridgehead atoms. The van der Waals surface area contributed by atoms with Crippen molar-refractivity contribution in [1.82, 2.24) is 10.2 Å². The number of anilines is 1. The zero-order valence-corrected chi connectivity index (χ0v) is 21.0. The lowest BCUT2D eigenvalue weighted by Gasteiger charge is -2.25. The number of nitrogens with one attached hydrogen (secondary N) is 2. The zero-order valence-electron chi connectivity index (χ0n) is 20.2. The van der Waals surface area contributed by atoms with Gasteiger partial charge in [0, 0.05) is 35.6 Å². The molecule has 0 saturated carbocycles. The van der Waals surface area contributed by atoms with Crippen LogP contribution in [0.5, 0.6) is 5.75 Å². The Bertz CT molecular complexity index is 1240. The van der Waals surface area contributed by atoms with Gasteiger partial charge in [0.05, 0.1) is 18.4 Å². The molecule has 2 aliphatic rings. The van der Waals surface area contributed by atoms with Crippen LogP contribution < -0.4 is 20.5 Å². The third-order valence-electron chi connectivity index (χ3n) is 6.47. The van der Waals surface area contributed by atoms with Gasteiger partial charge >= 0.3 is 0 Å². The lowest BCUT2D eigenvalue weighted by molar-refractivity contribution is -0.307. The van der Waals surface area contributed by atoms with Crippen molar-refractivity contribution in [2.75, 3.05) is 19.0 Å². The molecule has 1 saturated heterocycles. The average Bonchev–Trinajstić information content (AvgIpc) is 3.17. The first-order valence-electron chi connectivity index (χ1n) is 11.6. The Morgan fingerprint density at radius 1 is 1.17 bits per heavy atom. The minimum atomic E-state index is -1.22. The highest BCUT2D eigenvalue weighted by Gasteiger charge is 2.43. The van der Waals surface area contributed by atoms with Crippen LogP contribution in [0.3, 0.4) is 0 Å². The fourth-order valence-corrected chi connectivity index (χ4v) is 5.03. The van der Waals surface area contributed by atoms with Crippen molar-refractivity contribution < 1.29 is 29.0 Å². The molecule has 3 amide bonds. The van der Waals surface area contributed by atoms with E-state index in [2.05, 4.69) is 10.6 Å². The summed E-state index contributed by atoms with van der Waals surface area (Å²) in [4.78, 5) is 51.5. The van der Waals surface area contributed by atoms with E-state index in [9.17, 15) is 24.3 Å². The van der Waals surface area contributed by atoms with Gasteiger partial charge in [0.15, 0.2) is 0 Å². The van der Waals surface area contributed by atoms with Crippen LogP contribution >= 0.6 is 11.6 Å². The normalized spacial score (nSPS) is 19.2. The number of hydrogen-bond donors (Lipinski definition) is 2. The molecule has 0 unspecified atom stereocenters. The molecule has 0 radical (unpaired) electrons. The van der Waals surface area contributed by atoms with Gasteiger partial charge in [-0.15, -0.1) is 0 Å². The predicted octanol–water partition coefficient (Wildman–Crippen LogP) is 2.22. The highest BCUT2D eigenvalue weighted by molar-refractivity contribution is 6.31. The summed E-state index contributed by atoms with van der Waals surface area (Å²) in [6.07, 6.45) is -0.0135. The van der Waals surface area contributed by atoms with Crippen molar-refractivity contribution in [3.05, 3.63) is 47.0 Å². The maximum absolute atomic E-state index is 13.5. The maximum atomic E-state index is 13.5. The number of methoxy groups -OCH3 is 1. The molecule has 2 heterocycles. The summed E-state index contributed by atoms with van der Waals surface area (Å²) in [5.74, 6) is -1.63. The summed E-state index contributed by atoms with van der Waals surface area (Å²) >= 11 is 6.18. The SMILES string of the molecule is COc1ccc(Cl)cc1-c1ccc2c(c1)C(=O)N1C[C@@H](NC(=O)CC(C)(C)CC(=O)[O-])C[C@H]1C(=O)N2. The molecule has 0 spiro atoms. The number of carboxylic acids is 1. The third-order valence-corrected chi connectivity index (χ3v) is 6.71. The summed E-state index contributed by atoms with van der Waals surface area (Å²) in [6, 6.07) is 9.18. The Morgan fingerprint density at radius 2 is 1.92 bits per heavy atom. The number of carbonyl (C=O) groups is 4. The minimum absolute atomic E-state index is 0.0179. The van der Waals surface area contributed by atoms with E-state index in [0.717, 1.165) is 0 Å². The van der Waals surface area contributed by atoms with Crippen molar-refractivity contribution in [1.29, 1.82) is 0 Å². The fraction of sp³-hybridized carbons (Fsp3) is 0.385. The number of halogens is 1. The number of amides is 3. The van der Waals surface area contributed by atoms with Crippen molar-refractivity contribution >= 4 is 41.0 Å². The van der Waals surface area contributed by atoms with Crippen LogP contribution in [0, 0.1) is 5.41 Å². The van der Waals surface area contributed by atoms with Crippen LogP contribution in [-0.4, -0.2) is 54.3 Å². The van der Waals surface area contributed by atoms with Crippen LogP contribution in [0.25, 0.3) is 11.1 Å². The standard InChI is InChI=1S/C26H28ClN3O6/c1-26(2,12-23(32)33)11-22(31)28-16-10-20-24(34)29-19-6-4-14(8-18(19)25(35)30(20)13-16)17-9-15(27)5-7-21(17)36-3/h4-9,16,20H,10-13H2,1-3H3,(H,28,31)(H,29,34)(H,32,33)/p-1/t16-,20-/m0/s1. The average molecular weight is 513 g/mol. The monoisotopic (exact) mass is 512 g/mol. The number of carboxylic acid groups (broad SMARTS) is 1. The summed E-state index contributed by atoms with van der Waals surface area (Å²) in [5, 5.41) is 17.1. The van der Waals surface area contributed by atoms with Crippen molar-refractivity contribution in [3.63, 3.8) is 0 Å². The molecule has 0 aliphatic carbocycles. The second-order valence-electron chi connectivity index (χ2n) is 9.96. The van der Waals surface area contributed by atoms with Gasteiger partial charge in [0.25, 0.3) is 5.91 Å². The Labute approximate surface area is 213 Å². The van der Waals surface area contributed by atoms with E-state index in [0.29, 0.717) is 33.1 Å². The highest BCUT2D eigenvalue weighted by Crippen LogP contribution is 2.36. The van der Waals surface area contributed by atoms with Gasteiger partial charge in [-0.05, 0) is 54.2 Å². The number of rotatable bonds is 7. The Balaban J connectivity index is 1.55. The molecule has 9 nitrogen and oxygen atoms in total. The van der Waals surface area contributed by atoms with Crippen LogP contribution in [0.4, 0.5) is 5.69 Å². The predicted molar refractivity (Wildman–Crippen MR) is 131 cm³/mol. The molecule has 1 fully saturated rings. The lowest BCUT2D eigenvalue weighted by Crippen LogP contribution is -2.41. The molecule has 10 heteroatoms. The van der Waals surface area contributed by atoms with Gasteiger partial charge in [-0.25, -0.2) is 0 Å². The second-order valence-corrected chi connectivity index (χ2v) is 10.4. The van der Waals surface area contributed by atoms with Gasteiger partial charge in [0.2, 0.25) is 11.8 Å². The molecule has 2 atom stereocenters.